The molecule has 11 heteroatoms. The smallest absolute Gasteiger partial charge is 0.328 e. The van der Waals surface area contributed by atoms with E-state index in [-0.39, 0.29) is 12.2 Å². The third kappa shape index (κ3) is 5.56. The molecule has 0 aliphatic carbocycles. The molecular formula is C18H23Br2N5O2S2. The number of carbonyl (C=O) groups is 1. The van der Waals surface area contributed by atoms with Gasteiger partial charge in [-0.2, -0.15) is 0 Å². The van der Waals surface area contributed by atoms with E-state index < -0.39 is 10.8 Å². The number of nitrogens with one attached hydrogen (secondary N) is 1. The summed E-state index contributed by atoms with van der Waals surface area (Å²) in [6.07, 6.45) is 3.97. The van der Waals surface area contributed by atoms with Crippen LogP contribution < -0.4 is 10.2 Å². The number of rotatable bonds is 9. The van der Waals surface area contributed by atoms with E-state index in [0.717, 1.165) is 40.3 Å². The van der Waals surface area contributed by atoms with E-state index in [1.165, 1.54) is 11.3 Å². The Balaban J connectivity index is 1.73. The van der Waals surface area contributed by atoms with E-state index in [1.54, 1.807) is 16.8 Å². The highest BCUT2D eigenvalue weighted by molar-refractivity contribution is 9.13. The minimum Gasteiger partial charge on any atom is -0.363 e. The van der Waals surface area contributed by atoms with Crippen LogP contribution in [0.3, 0.4) is 0 Å². The van der Waals surface area contributed by atoms with Gasteiger partial charge in [0.2, 0.25) is 9.47 Å². The molecule has 3 rings (SSSR count). The molecule has 0 saturated carbocycles. The summed E-state index contributed by atoms with van der Waals surface area (Å²) in [5, 5.41) is 12.1. The fraction of sp³-hybridized carbons (Fsp3) is 0.500. The monoisotopic (exact) mass is 563 g/mol. The van der Waals surface area contributed by atoms with Crippen LogP contribution in [0, 0.1) is 0 Å². The number of unbranched alkanes of at least 4 members (excludes halogenated alkanes) is 3. The van der Waals surface area contributed by atoms with Crippen LogP contribution in [-0.4, -0.2) is 50.8 Å². The first-order chi connectivity index (χ1) is 13.9. The van der Waals surface area contributed by atoms with Gasteiger partial charge in [0.1, 0.15) is 6.17 Å². The molecule has 1 aromatic carbocycles. The molecule has 2 aromatic rings. The standard InChI is InChI=1S/C18H23Br2N5O2S2/c1-3-4-5-6-9-29(27)17-23-22-16(28-17)25-15(11-24(2)18(25)26)21-12-7-8-13(19)14(20)10-12/h7-8,10,15,21H,3-6,9,11H2,1-2H3. The molecule has 2 heterocycles. The number of urea groups is 1. The molecule has 1 aromatic heterocycles. The van der Waals surface area contributed by atoms with Crippen LogP contribution in [0.4, 0.5) is 15.6 Å². The lowest BCUT2D eigenvalue weighted by Crippen LogP contribution is -2.39. The average Bonchev–Trinajstić information content (AvgIpc) is 3.27. The van der Waals surface area contributed by atoms with Gasteiger partial charge in [-0.15, -0.1) is 10.2 Å². The molecule has 1 aliphatic rings. The first-order valence-corrected chi connectivity index (χ1v) is 13.1. The maximum atomic E-state index is 12.7. The van der Waals surface area contributed by atoms with E-state index in [9.17, 15) is 9.00 Å². The Labute approximate surface area is 194 Å². The summed E-state index contributed by atoms with van der Waals surface area (Å²) >= 11 is 8.18. The van der Waals surface area contributed by atoms with E-state index >= 15 is 0 Å². The van der Waals surface area contributed by atoms with E-state index in [0.29, 0.717) is 21.8 Å². The number of nitrogens with zero attached hydrogens (tertiary/aromatic N) is 4. The number of benzene rings is 1. The Morgan fingerprint density at radius 1 is 1.24 bits per heavy atom. The van der Waals surface area contributed by atoms with E-state index in [1.807, 2.05) is 18.2 Å². The topological polar surface area (TPSA) is 78.4 Å². The Hall–Kier alpha value is -1.04. The first kappa shape index (κ1) is 22.6. The van der Waals surface area contributed by atoms with Crippen molar-refractivity contribution in [3.63, 3.8) is 0 Å². The predicted octanol–water partition coefficient (Wildman–Crippen LogP) is 5.06. The van der Waals surface area contributed by atoms with Gasteiger partial charge in [0.05, 0.1) is 17.3 Å². The number of anilines is 2. The number of hydrogen-bond acceptors (Lipinski definition) is 6. The number of amides is 2. The zero-order valence-electron chi connectivity index (χ0n) is 16.2. The molecule has 1 fully saturated rings. The quantitative estimate of drug-likeness (QED) is 0.340. The summed E-state index contributed by atoms with van der Waals surface area (Å²) in [5.41, 5.74) is 0.877. The fourth-order valence-electron chi connectivity index (χ4n) is 2.98. The second-order valence-electron chi connectivity index (χ2n) is 6.78. The molecule has 2 atom stereocenters. The summed E-state index contributed by atoms with van der Waals surface area (Å²) in [6, 6.07) is 5.66. The van der Waals surface area contributed by atoms with Gasteiger partial charge >= 0.3 is 6.03 Å². The Morgan fingerprint density at radius 2 is 2.03 bits per heavy atom. The Bertz CT molecular complexity index is 895. The second-order valence-corrected chi connectivity index (χ2v) is 11.2. The Kier molecular flexibility index (Phi) is 8.06. The maximum Gasteiger partial charge on any atom is 0.328 e. The molecule has 0 spiro atoms. The highest BCUT2D eigenvalue weighted by Gasteiger charge is 2.38. The van der Waals surface area contributed by atoms with Crippen LogP contribution >= 0.6 is 43.2 Å². The summed E-state index contributed by atoms with van der Waals surface area (Å²) in [7, 11) is 0.573. The van der Waals surface area contributed by atoms with E-state index in [4.69, 9.17) is 0 Å². The number of likely N-dealkylation sites (N-methyl/N-ethyl adjacent to an activating group) is 1. The average molecular weight is 565 g/mol. The first-order valence-electron chi connectivity index (χ1n) is 9.38. The number of aromatic nitrogens is 2. The van der Waals surface area contributed by atoms with Crippen LogP contribution in [0.1, 0.15) is 32.6 Å². The molecule has 2 unspecified atom stereocenters. The van der Waals surface area contributed by atoms with Gasteiger partial charge in [-0.1, -0.05) is 37.5 Å². The summed E-state index contributed by atoms with van der Waals surface area (Å²) in [6.45, 7) is 2.65. The van der Waals surface area contributed by atoms with Gasteiger partial charge in [-0.05, 0) is 56.5 Å². The minimum atomic E-state index is -1.18. The summed E-state index contributed by atoms with van der Waals surface area (Å²) < 4.78 is 14.9. The molecule has 1 aliphatic heterocycles. The lowest BCUT2D eigenvalue weighted by molar-refractivity contribution is 0.229. The zero-order valence-corrected chi connectivity index (χ0v) is 21.0. The van der Waals surface area contributed by atoms with Crippen LogP contribution in [0.15, 0.2) is 31.5 Å². The normalized spacial score (nSPS) is 17.8. The molecule has 1 saturated heterocycles. The molecule has 7 nitrogen and oxygen atoms in total. The molecular weight excluding hydrogens is 542 g/mol. The molecule has 2 amide bonds. The van der Waals surface area contributed by atoms with E-state index in [2.05, 4.69) is 54.3 Å². The van der Waals surface area contributed by atoms with Gasteiger partial charge in [-0.3, -0.25) is 4.21 Å². The molecule has 29 heavy (non-hydrogen) atoms. The molecule has 1 N–H and O–H groups in total. The van der Waals surface area contributed by atoms with Crippen molar-refractivity contribution in [3.05, 3.63) is 27.1 Å². The van der Waals surface area contributed by atoms with Crippen LogP contribution in [0.25, 0.3) is 0 Å². The molecule has 158 valence electrons. The van der Waals surface area contributed by atoms with Crippen molar-refractivity contribution in [1.29, 1.82) is 0 Å². The van der Waals surface area contributed by atoms with Gasteiger partial charge in [0.25, 0.3) is 0 Å². The molecule has 0 radical (unpaired) electrons. The lowest BCUT2D eigenvalue weighted by atomic mass is 10.2. The SMILES string of the molecule is CCCCCCS(=O)c1nnc(N2C(=O)N(C)CC2Nc2ccc(Br)c(Br)c2)s1. The van der Waals surface area contributed by atoms with Crippen molar-refractivity contribution in [1.82, 2.24) is 15.1 Å². The van der Waals surface area contributed by atoms with Gasteiger partial charge < -0.3 is 10.2 Å². The van der Waals surface area contributed by atoms with Crippen molar-refractivity contribution < 1.29 is 9.00 Å². The number of hydrogen-bond donors (Lipinski definition) is 1. The van der Waals surface area contributed by atoms with Crippen molar-refractivity contribution in [3.8, 4) is 0 Å². The van der Waals surface area contributed by atoms with Gasteiger partial charge in [0.15, 0.2) is 0 Å². The Morgan fingerprint density at radius 3 is 2.76 bits per heavy atom. The van der Waals surface area contributed by atoms with Gasteiger partial charge in [-0.25, -0.2) is 9.69 Å². The van der Waals surface area contributed by atoms with Crippen molar-refractivity contribution in [2.24, 2.45) is 0 Å². The van der Waals surface area contributed by atoms with Crippen LogP contribution in [-0.2, 0) is 10.8 Å². The van der Waals surface area contributed by atoms with Gasteiger partial charge in [0, 0.05) is 27.4 Å². The highest BCUT2D eigenvalue weighted by Crippen LogP contribution is 2.31. The highest BCUT2D eigenvalue weighted by atomic mass is 79.9. The number of carbonyl (C=O) groups excluding carboxylic acids is 1. The summed E-state index contributed by atoms with van der Waals surface area (Å²) in [4.78, 5) is 15.9. The van der Waals surface area contributed by atoms with Crippen molar-refractivity contribution >= 4 is 70.8 Å². The number of halogens is 2. The van der Waals surface area contributed by atoms with Crippen LogP contribution in [0.5, 0.6) is 0 Å². The largest absolute Gasteiger partial charge is 0.363 e. The third-order valence-corrected chi connectivity index (χ3v) is 9.06. The lowest BCUT2D eigenvalue weighted by Gasteiger charge is -2.22. The van der Waals surface area contributed by atoms with Crippen LogP contribution in [0.2, 0.25) is 0 Å². The predicted molar refractivity (Wildman–Crippen MR) is 125 cm³/mol. The van der Waals surface area contributed by atoms with Crippen molar-refractivity contribution in [2.45, 2.75) is 43.1 Å². The minimum absolute atomic E-state index is 0.157. The summed E-state index contributed by atoms with van der Waals surface area (Å²) in [5.74, 6) is 0.580. The maximum absolute atomic E-state index is 12.7. The zero-order chi connectivity index (χ0) is 21.0. The molecule has 0 bridgehead atoms. The van der Waals surface area contributed by atoms with Crippen molar-refractivity contribution in [2.75, 3.05) is 29.6 Å². The second kappa shape index (κ2) is 10.3. The third-order valence-electron chi connectivity index (χ3n) is 4.52. The fourth-order valence-corrected chi connectivity index (χ4v) is 5.85.